The van der Waals surface area contributed by atoms with Crippen LogP contribution in [0.2, 0.25) is 0 Å². The summed E-state index contributed by atoms with van der Waals surface area (Å²) in [5, 5.41) is 3.15. The molecule has 96 valence electrons. The molecule has 0 amide bonds. The fourth-order valence-electron chi connectivity index (χ4n) is 2.77. The third kappa shape index (κ3) is 1.65. The first-order chi connectivity index (χ1) is 9.33. The molecule has 0 saturated carbocycles. The summed E-state index contributed by atoms with van der Waals surface area (Å²) in [5.74, 6) is 1.10. The molecule has 0 spiro atoms. The molecule has 1 aliphatic rings. The van der Waals surface area contributed by atoms with E-state index in [1.807, 2.05) is 17.6 Å². The molecule has 1 fully saturated rings. The highest BCUT2D eigenvalue weighted by atomic mass is 32.1. The van der Waals surface area contributed by atoms with Gasteiger partial charge in [-0.25, -0.2) is 9.97 Å². The number of thiazole rings is 1. The summed E-state index contributed by atoms with van der Waals surface area (Å²) in [5.41, 5.74) is 2.33. The molecule has 0 atom stereocenters. The zero-order valence-corrected chi connectivity index (χ0v) is 11.5. The molecule has 4 rings (SSSR count). The van der Waals surface area contributed by atoms with Crippen LogP contribution in [0.5, 0.6) is 0 Å². The Hall–Kier alpha value is -1.88. The molecule has 0 aliphatic carbocycles. The lowest BCUT2D eigenvalue weighted by atomic mass is 10.1. The fraction of sp³-hybridized carbons (Fsp3) is 0.286. The van der Waals surface area contributed by atoms with E-state index >= 15 is 0 Å². The lowest BCUT2D eigenvalue weighted by Crippen LogP contribution is -2.48. The Labute approximate surface area is 115 Å². The topological polar surface area (TPSA) is 34.0 Å². The Morgan fingerprint density at radius 2 is 2.11 bits per heavy atom. The van der Waals surface area contributed by atoms with Gasteiger partial charge in [-0.2, -0.15) is 0 Å². The number of fused-ring (bicyclic) bond motifs is 1. The van der Waals surface area contributed by atoms with Crippen molar-refractivity contribution in [3.05, 3.63) is 41.7 Å². The van der Waals surface area contributed by atoms with Crippen LogP contribution in [-0.4, -0.2) is 27.6 Å². The van der Waals surface area contributed by atoms with E-state index in [9.17, 15) is 0 Å². The molecule has 0 N–H and O–H groups in total. The maximum absolute atomic E-state index is 4.64. The molecule has 3 heterocycles. The summed E-state index contributed by atoms with van der Waals surface area (Å²) in [4.78, 5) is 11.3. The van der Waals surface area contributed by atoms with Crippen molar-refractivity contribution < 1.29 is 0 Å². The number of anilines is 1. The number of imidazole rings is 1. The van der Waals surface area contributed by atoms with E-state index in [1.165, 1.54) is 5.52 Å². The molecule has 0 unspecified atom stereocenters. The zero-order chi connectivity index (χ0) is 12.8. The SMILES string of the molecule is Cc1nc2ccccc2n1C1CN(c2nccs2)C1. The minimum Gasteiger partial charge on any atom is -0.344 e. The van der Waals surface area contributed by atoms with Crippen molar-refractivity contribution in [1.29, 1.82) is 0 Å². The summed E-state index contributed by atoms with van der Waals surface area (Å²) < 4.78 is 2.36. The van der Waals surface area contributed by atoms with Gasteiger partial charge in [-0.1, -0.05) is 12.1 Å². The lowest BCUT2D eigenvalue weighted by molar-refractivity contribution is 0.401. The predicted octanol–water partition coefficient (Wildman–Crippen LogP) is 2.86. The van der Waals surface area contributed by atoms with Gasteiger partial charge in [-0.3, -0.25) is 0 Å². The maximum atomic E-state index is 4.64. The van der Waals surface area contributed by atoms with Crippen molar-refractivity contribution in [2.45, 2.75) is 13.0 Å². The Balaban J connectivity index is 1.65. The second kappa shape index (κ2) is 4.06. The van der Waals surface area contributed by atoms with Gasteiger partial charge >= 0.3 is 0 Å². The minimum absolute atomic E-state index is 0.510. The molecule has 19 heavy (non-hydrogen) atoms. The van der Waals surface area contributed by atoms with Gasteiger partial charge in [0.2, 0.25) is 0 Å². The second-order valence-electron chi connectivity index (χ2n) is 4.89. The van der Waals surface area contributed by atoms with E-state index < -0.39 is 0 Å². The number of aromatic nitrogens is 3. The maximum Gasteiger partial charge on any atom is 0.185 e. The van der Waals surface area contributed by atoms with E-state index in [0.29, 0.717) is 6.04 Å². The third-order valence-corrected chi connectivity index (χ3v) is 4.52. The first-order valence-corrected chi connectivity index (χ1v) is 7.29. The Morgan fingerprint density at radius 1 is 1.26 bits per heavy atom. The van der Waals surface area contributed by atoms with Gasteiger partial charge < -0.3 is 9.47 Å². The minimum atomic E-state index is 0.510. The van der Waals surface area contributed by atoms with Crippen molar-refractivity contribution in [2.75, 3.05) is 18.0 Å². The quantitative estimate of drug-likeness (QED) is 0.718. The molecule has 0 bridgehead atoms. The molecule has 5 heteroatoms. The van der Waals surface area contributed by atoms with Gasteiger partial charge in [0.1, 0.15) is 5.82 Å². The Bertz CT molecular complexity index is 710. The molecule has 1 aliphatic heterocycles. The molecular weight excluding hydrogens is 256 g/mol. The van der Waals surface area contributed by atoms with Crippen LogP contribution in [0, 0.1) is 6.92 Å². The summed E-state index contributed by atoms with van der Waals surface area (Å²) in [6.07, 6.45) is 1.87. The molecule has 1 aromatic carbocycles. The Kier molecular flexibility index (Phi) is 2.35. The van der Waals surface area contributed by atoms with Gasteiger partial charge in [0, 0.05) is 24.7 Å². The molecular formula is C14H14N4S. The van der Waals surface area contributed by atoms with Crippen molar-refractivity contribution in [2.24, 2.45) is 0 Å². The first-order valence-electron chi connectivity index (χ1n) is 6.41. The van der Waals surface area contributed by atoms with Crippen LogP contribution < -0.4 is 4.90 Å². The number of benzene rings is 1. The van der Waals surface area contributed by atoms with Crippen LogP contribution >= 0.6 is 11.3 Å². The lowest BCUT2D eigenvalue weighted by Gasteiger charge is -2.40. The van der Waals surface area contributed by atoms with Crippen LogP contribution in [0.4, 0.5) is 5.13 Å². The third-order valence-electron chi connectivity index (χ3n) is 3.69. The van der Waals surface area contributed by atoms with E-state index in [0.717, 1.165) is 29.6 Å². The van der Waals surface area contributed by atoms with Gasteiger partial charge in [-0.05, 0) is 19.1 Å². The Morgan fingerprint density at radius 3 is 2.89 bits per heavy atom. The molecule has 1 saturated heterocycles. The fourth-order valence-corrected chi connectivity index (χ4v) is 3.44. The van der Waals surface area contributed by atoms with Gasteiger partial charge in [0.05, 0.1) is 17.1 Å². The van der Waals surface area contributed by atoms with E-state index in [1.54, 1.807) is 11.3 Å². The summed E-state index contributed by atoms with van der Waals surface area (Å²) in [6.45, 7) is 4.13. The average molecular weight is 270 g/mol. The van der Waals surface area contributed by atoms with E-state index in [4.69, 9.17) is 0 Å². The summed E-state index contributed by atoms with van der Waals surface area (Å²) in [7, 11) is 0. The predicted molar refractivity (Wildman–Crippen MR) is 77.8 cm³/mol. The van der Waals surface area contributed by atoms with Crippen LogP contribution in [0.1, 0.15) is 11.9 Å². The van der Waals surface area contributed by atoms with Gasteiger partial charge in [-0.15, -0.1) is 11.3 Å². The van der Waals surface area contributed by atoms with Crippen LogP contribution in [0.15, 0.2) is 35.8 Å². The standard InChI is InChI=1S/C14H14N4S/c1-10-16-12-4-2-3-5-13(12)18(10)11-8-17(9-11)14-15-6-7-19-14/h2-7,11H,8-9H2,1H3. The zero-order valence-electron chi connectivity index (χ0n) is 10.7. The van der Waals surface area contributed by atoms with Gasteiger partial charge in [0.25, 0.3) is 0 Å². The highest BCUT2D eigenvalue weighted by Gasteiger charge is 2.31. The molecule has 0 radical (unpaired) electrons. The van der Waals surface area contributed by atoms with Crippen LogP contribution in [0.3, 0.4) is 0 Å². The van der Waals surface area contributed by atoms with Crippen molar-refractivity contribution in [3.8, 4) is 0 Å². The summed E-state index contributed by atoms with van der Waals surface area (Å²) >= 11 is 1.70. The molecule has 4 nitrogen and oxygen atoms in total. The van der Waals surface area contributed by atoms with Crippen molar-refractivity contribution in [1.82, 2.24) is 14.5 Å². The number of para-hydroxylation sites is 2. The monoisotopic (exact) mass is 270 g/mol. The number of aryl methyl sites for hydroxylation is 1. The second-order valence-corrected chi connectivity index (χ2v) is 5.76. The number of nitrogens with zero attached hydrogens (tertiary/aromatic N) is 4. The normalized spacial score (nSPS) is 15.9. The van der Waals surface area contributed by atoms with Crippen molar-refractivity contribution in [3.63, 3.8) is 0 Å². The van der Waals surface area contributed by atoms with E-state index in [2.05, 4.69) is 44.6 Å². The smallest absolute Gasteiger partial charge is 0.185 e. The average Bonchev–Trinajstić information content (AvgIpc) is 2.97. The van der Waals surface area contributed by atoms with E-state index in [-0.39, 0.29) is 0 Å². The molecule has 2 aromatic heterocycles. The summed E-state index contributed by atoms with van der Waals surface area (Å²) in [6, 6.07) is 8.87. The first kappa shape index (κ1) is 11.0. The van der Waals surface area contributed by atoms with Crippen molar-refractivity contribution >= 4 is 27.5 Å². The number of rotatable bonds is 2. The largest absolute Gasteiger partial charge is 0.344 e. The number of hydrogen-bond donors (Lipinski definition) is 0. The molecule has 3 aromatic rings. The highest BCUT2D eigenvalue weighted by Crippen LogP contribution is 2.32. The van der Waals surface area contributed by atoms with Crippen LogP contribution in [0.25, 0.3) is 11.0 Å². The van der Waals surface area contributed by atoms with Crippen LogP contribution in [-0.2, 0) is 0 Å². The van der Waals surface area contributed by atoms with Gasteiger partial charge in [0.15, 0.2) is 5.13 Å². The number of hydrogen-bond acceptors (Lipinski definition) is 4. The highest BCUT2D eigenvalue weighted by molar-refractivity contribution is 7.13.